The third-order valence-electron chi connectivity index (χ3n) is 2.67. The van der Waals surface area contributed by atoms with Gasteiger partial charge in [-0.2, -0.15) is 0 Å². The maximum atomic E-state index is 5.46. The van der Waals surface area contributed by atoms with Crippen molar-refractivity contribution < 1.29 is 9.47 Å². The molecule has 0 aliphatic carbocycles. The fraction of sp³-hybridized carbons (Fsp3) is 0.500. The van der Waals surface area contributed by atoms with Crippen LogP contribution in [0, 0.1) is 0 Å². The average Bonchev–Trinajstić information content (AvgIpc) is 2.69. The van der Waals surface area contributed by atoms with Crippen LogP contribution in [0.15, 0.2) is 24.3 Å². The molecule has 0 amide bonds. The monoisotopic (exact) mass is 314 g/mol. The number of hydrogen-bond acceptors (Lipinski definition) is 2. The summed E-state index contributed by atoms with van der Waals surface area (Å²) in [5.41, 5.74) is 1.15. The molecule has 82 valence electrons. The molecule has 0 spiro atoms. The van der Waals surface area contributed by atoms with Crippen molar-refractivity contribution >= 4 is 22.0 Å². The van der Waals surface area contributed by atoms with Crippen molar-refractivity contribution in [1.82, 2.24) is 0 Å². The molecule has 1 fully saturated rings. The van der Waals surface area contributed by atoms with E-state index < -0.39 is 18.4 Å². The van der Waals surface area contributed by atoms with Crippen molar-refractivity contribution in [3.63, 3.8) is 0 Å². The van der Waals surface area contributed by atoms with Crippen LogP contribution in [-0.4, -0.2) is 31.6 Å². The second kappa shape index (κ2) is 4.43. The Hall–Kier alpha value is -0.0613. The van der Waals surface area contributed by atoms with Crippen molar-refractivity contribution in [3.8, 4) is 0 Å². The van der Waals surface area contributed by atoms with Crippen LogP contribution >= 0.6 is 0 Å². The van der Waals surface area contributed by atoms with Crippen LogP contribution in [0.5, 0.6) is 0 Å². The molecule has 2 rings (SSSR count). The van der Waals surface area contributed by atoms with Crippen LogP contribution in [0.1, 0.15) is 11.9 Å². The van der Waals surface area contributed by atoms with Crippen LogP contribution in [0.2, 0.25) is 14.8 Å². The van der Waals surface area contributed by atoms with Gasteiger partial charge in [-0.1, -0.05) is 0 Å². The molecule has 1 heterocycles. The molecule has 1 aliphatic heterocycles. The molecule has 0 unspecified atom stereocenters. The van der Waals surface area contributed by atoms with Crippen LogP contribution in [0.25, 0.3) is 0 Å². The third kappa shape index (κ3) is 2.74. The zero-order chi connectivity index (χ0) is 10.9. The van der Waals surface area contributed by atoms with Gasteiger partial charge in [0.05, 0.1) is 0 Å². The second-order valence-corrected chi connectivity index (χ2v) is 19.4. The third-order valence-corrected chi connectivity index (χ3v) is 8.57. The van der Waals surface area contributed by atoms with Gasteiger partial charge in [-0.15, -0.1) is 0 Å². The predicted molar refractivity (Wildman–Crippen MR) is 64.1 cm³/mol. The summed E-state index contributed by atoms with van der Waals surface area (Å²) < 4.78 is 12.5. The Kier molecular flexibility index (Phi) is 3.38. The molecular weight excluding hydrogens is 295 g/mol. The van der Waals surface area contributed by atoms with Gasteiger partial charge < -0.3 is 0 Å². The number of hydrogen-bond donors (Lipinski definition) is 0. The van der Waals surface area contributed by atoms with Crippen LogP contribution in [0.3, 0.4) is 0 Å². The van der Waals surface area contributed by atoms with E-state index in [4.69, 9.17) is 9.47 Å². The normalized spacial score (nSPS) is 18.3. The molecule has 0 bridgehead atoms. The average molecular weight is 313 g/mol. The summed E-state index contributed by atoms with van der Waals surface area (Å²) in [5, 5.41) is 0. The molecule has 15 heavy (non-hydrogen) atoms. The molecule has 1 aromatic carbocycles. The van der Waals surface area contributed by atoms with Gasteiger partial charge in [0, 0.05) is 0 Å². The molecule has 0 aromatic heterocycles. The van der Waals surface area contributed by atoms with Crippen molar-refractivity contribution in [2.75, 3.05) is 13.2 Å². The Morgan fingerprint density at radius 1 is 1.00 bits per heavy atom. The SMILES string of the molecule is [CH3][Sn]([CH3])([CH3])[c]1ccc(C2OCCO2)cc1. The Morgan fingerprint density at radius 2 is 1.53 bits per heavy atom. The van der Waals surface area contributed by atoms with Crippen LogP contribution < -0.4 is 3.58 Å². The van der Waals surface area contributed by atoms with E-state index in [1.165, 1.54) is 0 Å². The van der Waals surface area contributed by atoms with Gasteiger partial charge in [-0.25, -0.2) is 0 Å². The van der Waals surface area contributed by atoms with Crippen molar-refractivity contribution in [2.24, 2.45) is 0 Å². The fourth-order valence-electron chi connectivity index (χ4n) is 1.69. The molecule has 1 saturated heterocycles. The van der Waals surface area contributed by atoms with Crippen molar-refractivity contribution in [3.05, 3.63) is 29.8 Å². The first-order valence-electron chi connectivity index (χ1n) is 5.41. The van der Waals surface area contributed by atoms with E-state index in [0.29, 0.717) is 13.2 Å². The van der Waals surface area contributed by atoms with Crippen LogP contribution in [0.4, 0.5) is 0 Å². The van der Waals surface area contributed by atoms with Gasteiger partial charge in [0.2, 0.25) is 0 Å². The standard InChI is InChI=1S/C9H9O2.3CH3.Sn/c1-2-4-8(5-3-1)9-10-6-7-11-9;;;;/h2-5,9H,6-7H2;3*1H3;. The first-order chi connectivity index (χ1) is 7.07. The minimum absolute atomic E-state index is 0.130. The Balaban J connectivity index is 2.16. The summed E-state index contributed by atoms with van der Waals surface area (Å²) in [6, 6.07) is 8.79. The molecule has 0 radical (unpaired) electrons. The molecule has 0 N–H and O–H groups in total. The summed E-state index contributed by atoms with van der Waals surface area (Å²) in [7, 11) is 0. The van der Waals surface area contributed by atoms with E-state index in [2.05, 4.69) is 39.1 Å². The van der Waals surface area contributed by atoms with E-state index >= 15 is 0 Å². The number of benzene rings is 1. The molecule has 1 aliphatic rings. The molecular formula is C12H18O2Sn. The summed E-state index contributed by atoms with van der Waals surface area (Å²) >= 11 is -1.88. The van der Waals surface area contributed by atoms with Crippen molar-refractivity contribution in [2.45, 2.75) is 21.1 Å². The topological polar surface area (TPSA) is 18.5 Å². The molecule has 0 atom stereocenters. The van der Waals surface area contributed by atoms with E-state index in [0.717, 1.165) is 5.56 Å². The predicted octanol–water partition coefficient (Wildman–Crippen LogP) is 2.28. The first kappa shape index (κ1) is 11.4. The zero-order valence-corrected chi connectivity index (χ0v) is 12.5. The first-order valence-corrected chi connectivity index (χ1v) is 15.4. The maximum absolute atomic E-state index is 5.46. The molecule has 3 heteroatoms. The van der Waals surface area contributed by atoms with Crippen molar-refractivity contribution in [1.29, 1.82) is 0 Å². The minimum atomic E-state index is -1.88. The van der Waals surface area contributed by atoms with Gasteiger partial charge in [0.25, 0.3) is 0 Å². The Bertz CT molecular complexity index is 320. The van der Waals surface area contributed by atoms with Gasteiger partial charge in [-0.3, -0.25) is 0 Å². The van der Waals surface area contributed by atoms with Gasteiger partial charge in [0.15, 0.2) is 0 Å². The van der Waals surface area contributed by atoms with E-state index in [9.17, 15) is 0 Å². The summed E-state index contributed by atoms with van der Waals surface area (Å²) in [6.07, 6.45) is -0.130. The quantitative estimate of drug-likeness (QED) is 0.780. The summed E-state index contributed by atoms with van der Waals surface area (Å²) in [4.78, 5) is 7.27. The Labute approximate surface area is 95.5 Å². The van der Waals surface area contributed by atoms with Gasteiger partial charge in [-0.05, 0) is 0 Å². The second-order valence-electron chi connectivity index (χ2n) is 4.95. The van der Waals surface area contributed by atoms with Crippen LogP contribution in [-0.2, 0) is 9.47 Å². The summed E-state index contributed by atoms with van der Waals surface area (Å²) in [5.74, 6) is 0. The van der Waals surface area contributed by atoms with E-state index in [-0.39, 0.29) is 6.29 Å². The fourth-order valence-corrected chi connectivity index (χ4v) is 5.02. The van der Waals surface area contributed by atoms with E-state index in [1.807, 2.05) is 0 Å². The Morgan fingerprint density at radius 3 is 2.00 bits per heavy atom. The zero-order valence-electron chi connectivity index (χ0n) is 9.62. The van der Waals surface area contributed by atoms with E-state index in [1.54, 1.807) is 3.58 Å². The number of rotatable bonds is 2. The van der Waals surface area contributed by atoms with Gasteiger partial charge in [0.1, 0.15) is 0 Å². The molecule has 1 aromatic rings. The van der Waals surface area contributed by atoms with Gasteiger partial charge >= 0.3 is 95.6 Å². The molecule has 0 saturated carbocycles. The number of ether oxygens (including phenoxy) is 2. The summed E-state index contributed by atoms with van der Waals surface area (Å²) in [6.45, 7) is 1.43. The molecule has 2 nitrogen and oxygen atoms in total.